The van der Waals surface area contributed by atoms with Gasteiger partial charge >= 0.3 is 0 Å². The van der Waals surface area contributed by atoms with Gasteiger partial charge in [-0.05, 0) is 47.2 Å². The number of nitrogens with two attached hydrogens (primary N) is 1. The third kappa shape index (κ3) is 7.31. The topological polar surface area (TPSA) is 110 Å². The first kappa shape index (κ1) is 20.0. The molecule has 2 rings (SSSR count). The van der Waals surface area contributed by atoms with Crippen LogP contribution in [0.4, 0.5) is 5.95 Å². The molecule has 0 saturated carbocycles. The fourth-order valence-corrected chi connectivity index (χ4v) is 2.86. The average molecular weight is 358 g/mol. The number of carbonyl (C=O) groups excluding carboxylic acids is 1. The van der Waals surface area contributed by atoms with Crippen LogP contribution >= 0.6 is 0 Å². The Balaban J connectivity index is 1.65. The first-order chi connectivity index (χ1) is 12.7. The highest BCUT2D eigenvalue weighted by Crippen LogP contribution is 2.12. The molecule has 0 radical (unpaired) electrons. The summed E-state index contributed by atoms with van der Waals surface area (Å²) in [5, 5.41) is 15.4. The second kappa shape index (κ2) is 11.4. The number of nitrogens with zero attached hydrogens (tertiary/aromatic N) is 3. The lowest BCUT2D eigenvalue weighted by molar-refractivity contribution is -0.117. The number of hydrogen-bond acceptors (Lipinski definition) is 5. The molecular formula is C19H30N6O. The molecule has 0 fully saturated rings. The van der Waals surface area contributed by atoms with Gasteiger partial charge in [0.1, 0.15) is 0 Å². The third-order valence-corrected chi connectivity index (χ3v) is 4.51. The van der Waals surface area contributed by atoms with Crippen LogP contribution in [0.2, 0.25) is 0 Å². The second-order valence-corrected chi connectivity index (χ2v) is 6.72. The van der Waals surface area contributed by atoms with Gasteiger partial charge in [-0.15, -0.1) is 0 Å². The lowest BCUT2D eigenvalue weighted by atomic mass is 10.0. The third-order valence-electron chi connectivity index (χ3n) is 4.51. The van der Waals surface area contributed by atoms with E-state index in [0.29, 0.717) is 6.42 Å². The molecule has 1 atom stereocenters. The van der Waals surface area contributed by atoms with Crippen molar-refractivity contribution < 1.29 is 4.79 Å². The largest absolute Gasteiger partial charge is 0.320 e. The highest BCUT2D eigenvalue weighted by atomic mass is 16.2. The van der Waals surface area contributed by atoms with E-state index in [0.717, 1.165) is 12.8 Å². The average Bonchev–Trinajstić information content (AvgIpc) is 3.16. The summed E-state index contributed by atoms with van der Waals surface area (Å²) < 4.78 is 0. The second-order valence-electron chi connectivity index (χ2n) is 6.72. The van der Waals surface area contributed by atoms with Crippen LogP contribution in [0, 0.1) is 0 Å². The highest BCUT2D eigenvalue weighted by molar-refractivity contribution is 5.93. The zero-order chi connectivity index (χ0) is 18.6. The van der Waals surface area contributed by atoms with E-state index in [9.17, 15) is 4.79 Å². The molecule has 0 saturated heterocycles. The summed E-state index contributed by atoms with van der Waals surface area (Å²) in [6.07, 6.45) is 10.4. The maximum absolute atomic E-state index is 11.9. The van der Waals surface area contributed by atoms with E-state index in [4.69, 9.17) is 5.73 Å². The minimum absolute atomic E-state index is 0.212. The number of aromatic nitrogens is 4. The van der Waals surface area contributed by atoms with Gasteiger partial charge in [-0.2, -0.15) is 0 Å². The molecule has 7 heteroatoms. The van der Waals surface area contributed by atoms with Crippen molar-refractivity contribution in [2.24, 2.45) is 5.73 Å². The lowest BCUT2D eigenvalue weighted by Crippen LogP contribution is -2.36. The zero-order valence-corrected chi connectivity index (χ0v) is 15.6. The number of anilines is 1. The lowest BCUT2D eigenvalue weighted by Gasteiger charge is -2.10. The van der Waals surface area contributed by atoms with Crippen molar-refractivity contribution in [2.45, 2.75) is 70.8 Å². The molecule has 0 bridgehead atoms. The van der Waals surface area contributed by atoms with Crippen molar-refractivity contribution in [3.05, 3.63) is 35.4 Å². The first-order valence-corrected chi connectivity index (χ1v) is 9.57. The summed E-state index contributed by atoms with van der Waals surface area (Å²) in [5.74, 6) is -0.0762. The Hall–Kier alpha value is -2.28. The van der Waals surface area contributed by atoms with Gasteiger partial charge in [0, 0.05) is 0 Å². The van der Waals surface area contributed by atoms with Crippen molar-refractivity contribution in [1.29, 1.82) is 0 Å². The van der Waals surface area contributed by atoms with Crippen LogP contribution in [-0.4, -0.2) is 32.6 Å². The number of hydrogen-bond donors (Lipinski definition) is 3. The Morgan fingerprint density at radius 3 is 2.38 bits per heavy atom. The number of aryl methyl sites for hydroxylation is 2. The summed E-state index contributed by atoms with van der Waals surface area (Å²) in [6.45, 7) is 2.24. The molecule has 4 N–H and O–H groups in total. The van der Waals surface area contributed by atoms with E-state index in [1.165, 1.54) is 49.7 Å². The number of unbranched alkanes of at least 4 members (excludes halogenated alkanes) is 5. The van der Waals surface area contributed by atoms with E-state index in [-0.39, 0.29) is 11.9 Å². The Kier molecular flexibility index (Phi) is 8.75. The molecule has 1 aromatic heterocycles. The molecule has 2 aromatic rings. The standard InChI is InChI=1S/C19H30N6O/c1-2-3-4-5-6-7-8-15-9-11-16(12-10-15)13-14-17(20)18(26)21-19-22-24-25-23-19/h9-12,17H,2-8,13-14,20H2,1H3,(H2,21,22,23,24,25,26). The molecule has 0 aliphatic rings. The van der Waals surface area contributed by atoms with E-state index in [1.807, 2.05) is 0 Å². The summed E-state index contributed by atoms with van der Waals surface area (Å²) in [6, 6.07) is 8.05. The van der Waals surface area contributed by atoms with Gasteiger partial charge in [-0.25, -0.2) is 5.10 Å². The van der Waals surface area contributed by atoms with E-state index in [1.54, 1.807) is 0 Å². The monoisotopic (exact) mass is 358 g/mol. The van der Waals surface area contributed by atoms with E-state index >= 15 is 0 Å². The van der Waals surface area contributed by atoms with Crippen LogP contribution in [0.25, 0.3) is 0 Å². The van der Waals surface area contributed by atoms with Gasteiger partial charge in [0.25, 0.3) is 0 Å². The fraction of sp³-hybridized carbons (Fsp3) is 0.579. The number of rotatable bonds is 12. The molecular weight excluding hydrogens is 328 g/mol. The number of aromatic amines is 1. The molecule has 1 heterocycles. The Labute approximate surface area is 155 Å². The van der Waals surface area contributed by atoms with Gasteiger partial charge in [0.2, 0.25) is 11.9 Å². The Morgan fingerprint density at radius 1 is 1.08 bits per heavy atom. The molecule has 142 valence electrons. The fourth-order valence-electron chi connectivity index (χ4n) is 2.86. The number of tetrazole rings is 1. The molecule has 7 nitrogen and oxygen atoms in total. The number of amides is 1. The van der Waals surface area contributed by atoms with Gasteiger partial charge < -0.3 is 5.73 Å². The van der Waals surface area contributed by atoms with Crippen molar-refractivity contribution in [2.75, 3.05) is 5.32 Å². The number of carbonyl (C=O) groups is 1. The van der Waals surface area contributed by atoms with Crippen LogP contribution in [0.3, 0.4) is 0 Å². The van der Waals surface area contributed by atoms with E-state index < -0.39 is 6.04 Å². The van der Waals surface area contributed by atoms with Crippen molar-refractivity contribution in [3.8, 4) is 0 Å². The van der Waals surface area contributed by atoms with Crippen LogP contribution in [0.5, 0.6) is 0 Å². The van der Waals surface area contributed by atoms with Crippen LogP contribution < -0.4 is 11.1 Å². The van der Waals surface area contributed by atoms with Crippen molar-refractivity contribution in [1.82, 2.24) is 20.6 Å². The quantitative estimate of drug-likeness (QED) is 0.505. The summed E-state index contributed by atoms with van der Waals surface area (Å²) in [5.41, 5.74) is 8.51. The normalized spacial score (nSPS) is 12.1. The van der Waals surface area contributed by atoms with Crippen molar-refractivity contribution >= 4 is 11.9 Å². The maximum Gasteiger partial charge on any atom is 0.246 e. The molecule has 1 aromatic carbocycles. The summed E-state index contributed by atoms with van der Waals surface area (Å²) in [7, 11) is 0. The Morgan fingerprint density at radius 2 is 1.73 bits per heavy atom. The van der Waals surface area contributed by atoms with Crippen molar-refractivity contribution in [3.63, 3.8) is 0 Å². The number of benzene rings is 1. The smallest absolute Gasteiger partial charge is 0.246 e. The number of nitrogens with one attached hydrogen (secondary N) is 2. The minimum atomic E-state index is -0.595. The summed E-state index contributed by atoms with van der Waals surface area (Å²) in [4.78, 5) is 11.9. The Bertz CT molecular complexity index is 626. The molecule has 1 unspecified atom stereocenters. The zero-order valence-electron chi connectivity index (χ0n) is 15.6. The first-order valence-electron chi connectivity index (χ1n) is 9.57. The maximum atomic E-state index is 11.9. The van der Waals surface area contributed by atoms with Gasteiger partial charge in [-0.1, -0.05) is 68.4 Å². The SMILES string of the molecule is CCCCCCCCc1ccc(CCC(N)C(=O)Nc2nnn[nH]2)cc1. The molecule has 26 heavy (non-hydrogen) atoms. The molecule has 0 aliphatic heterocycles. The predicted octanol–water partition coefficient (Wildman–Crippen LogP) is 3.00. The minimum Gasteiger partial charge on any atom is -0.320 e. The van der Waals surface area contributed by atoms with Gasteiger partial charge in [0.15, 0.2) is 0 Å². The number of H-pyrrole nitrogens is 1. The summed E-state index contributed by atoms with van der Waals surface area (Å²) >= 11 is 0. The van der Waals surface area contributed by atoms with E-state index in [2.05, 4.69) is 57.1 Å². The predicted molar refractivity (Wildman–Crippen MR) is 103 cm³/mol. The van der Waals surface area contributed by atoms with Crippen LogP contribution in [0.1, 0.15) is 63.0 Å². The van der Waals surface area contributed by atoms with Crippen LogP contribution in [-0.2, 0) is 17.6 Å². The van der Waals surface area contributed by atoms with Crippen LogP contribution in [0.15, 0.2) is 24.3 Å². The van der Waals surface area contributed by atoms with Gasteiger partial charge in [0.05, 0.1) is 6.04 Å². The van der Waals surface area contributed by atoms with Gasteiger partial charge in [-0.3, -0.25) is 10.1 Å². The molecule has 0 aliphatic carbocycles. The molecule has 1 amide bonds. The molecule has 0 spiro atoms. The highest BCUT2D eigenvalue weighted by Gasteiger charge is 2.14.